The molecule has 0 saturated heterocycles. The minimum absolute atomic E-state index is 0.789. The molecule has 2 heterocycles. The summed E-state index contributed by atoms with van der Waals surface area (Å²) in [7, 11) is 0. The average molecular weight is 260 g/mol. The Morgan fingerprint density at radius 1 is 0.900 bits per heavy atom. The average Bonchev–Trinajstić information content (AvgIpc) is 2.90. The summed E-state index contributed by atoms with van der Waals surface area (Å²) in [4.78, 5) is 4.69. The second kappa shape index (κ2) is 4.13. The van der Waals surface area contributed by atoms with Crippen LogP contribution in [0, 0.1) is 6.92 Å². The van der Waals surface area contributed by atoms with Crippen molar-refractivity contribution in [3.8, 4) is 5.82 Å². The lowest BCUT2D eigenvalue weighted by molar-refractivity contribution is 0.805. The monoisotopic (exact) mass is 260 g/mol. The third-order valence-corrected chi connectivity index (χ3v) is 3.40. The Morgan fingerprint density at radius 2 is 1.75 bits per heavy atom. The fourth-order valence-corrected chi connectivity index (χ4v) is 2.37. The minimum atomic E-state index is 0.789. The summed E-state index contributed by atoms with van der Waals surface area (Å²) in [5, 5.41) is 9.49. The second-order valence-corrected chi connectivity index (χ2v) is 4.86. The molecule has 0 saturated carbocycles. The third-order valence-electron chi connectivity index (χ3n) is 3.40. The fourth-order valence-electron chi connectivity index (χ4n) is 2.37. The van der Waals surface area contributed by atoms with Gasteiger partial charge in [0.05, 0.1) is 11.0 Å². The van der Waals surface area contributed by atoms with Crippen LogP contribution in [0.5, 0.6) is 0 Å². The molecule has 4 rings (SSSR count). The second-order valence-electron chi connectivity index (χ2n) is 4.86. The van der Waals surface area contributed by atoms with E-state index >= 15 is 0 Å². The first-order valence-corrected chi connectivity index (χ1v) is 6.49. The van der Waals surface area contributed by atoms with Crippen molar-refractivity contribution in [1.29, 1.82) is 0 Å². The molecule has 2 aromatic carbocycles. The standard InChI is InChI=1S/C16H12N4/c1-11-6-7-12-8-9-16(17-14(12)10-11)20-15-5-3-2-4-13(15)18-19-20/h2-10H,1H3. The van der Waals surface area contributed by atoms with Crippen molar-refractivity contribution in [3.63, 3.8) is 0 Å². The van der Waals surface area contributed by atoms with Crippen molar-refractivity contribution in [2.45, 2.75) is 6.92 Å². The maximum Gasteiger partial charge on any atom is 0.156 e. The Labute approximate surface area is 115 Å². The van der Waals surface area contributed by atoms with E-state index in [4.69, 9.17) is 0 Å². The van der Waals surface area contributed by atoms with Gasteiger partial charge in [-0.2, -0.15) is 4.68 Å². The summed E-state index contributed by atoms with van der Waals surface area (Å²) < 4.78 is 1.77. The van der Waals surface area contributed by atoms with Crippen LogP contribution >= 0.6 is 0 Å². The van der Waals surface area contributed by atoms with Gasteiger partial charge in [0, 0.05) is 5.39 Å². The third kappa shape index (κ3) is 1.66. The molecular formula is C16H12N4. The first-order valence-electron chi connectivity index (χ1n) is 6.49. The van der Waals surface area contributed by atoms with Gasteiger partial charge in [0.25, 0.3) is 0 Å². The summed E-state index contributed by atoms with van der Waals surface area (Å²) in [6.07, 6.45) is 0. The number of hydrogen-bond acceptors (Lipinski definition) is 3. The van der Waals surface area contributed by atoms with Gasteiger partial charge in [-0.15, -0.1) is 5.10 Å². The molecule has 4 aromatic rings. The lowest BCUT2D eigenvalue weighted by Crippen LogP contribution is -1.99. The maximum absolute atomic E-state index is 4.69. The van der Waals surface area contributed by atoms with Crippen LogP contribution in [0.4, 0.5) is 0 Å². The summed E-state index contributed by atoms with van der Waals surface area (Å²) in [6.45, 7) is 2.07. The van der Waals surface area contributed by atoms with E-state index in [2.05, 4.69) is 46.5 Å². The molecule has 0 radical (unpaired) electrons. The Morgan fingerprint density at radius 3 is 2.70 bits per heavy atom. The normalized spacial score (nSPS) is 11.2. The number of benzene rings is 2. The summed E-state index contributed by atoms with van der Waals surface area (Å²) in [5.74, 6) is 0.789. The summed E-state index contributed by atoms with van der Waals surface area (Å²) in [5.41, 5.74) is 4.01. The predicted octanol–water partition coefficient (Wildman–Crippen LogP) is 3.28. The summed E-state index contributed by atoms with van der Waals surface area (Å²) in [6, 6.07) is 18.2. The highest BCUT2D eigenvalue weighted by molar-refractivity contribution is 5.81. The van der Waals surface area contributed by atoms with Crippen molar-refractivity contribution < 1.29 is 0 Å². The highest BCUT2D eigenvalue weighted by Crippen LogP contribution is 2.19. The molecule has 0 atom stereocenters. The molecular weight excluding hydrogens is 248 g/mol. The first kappa shape index (κ1) is 11.1. The highest BCUT2D eigenvalue weighted by atomic mass is 15.4. The zero-order valence-electron chi connectivity index (χ0n) is 11.0. The van der Waals surface area contributed by atoms with Crippen LogP contribution in [0.3, 0.4) is 0 Å². The van der Waals surface area contributed by atoms with Gasteiger partial charge >= 0.3 is 0 Å². The van der Waals surface area contributed by atoms with Crippen molar-refractivity contribution in [2.24, 2.45) is 0 Å². The van der Waals surface area contributed by atoms with Gasteiger partial charge in [0.15, 0.2) is 5.82 Å². The number of aryl methyl sites for hydroxylation is 1. The molecule has 96 valence electrons. The Bertz CT molecular complexity index is 924. The largest absolute Gasteiger partial charge is 0.229 e. The molecule has 0 aliphatic carbocycles. The molecule has 0 aliphatic heterocycles. The predicted molar refractivity (Wildman–Crippen MR) is 78.9 cm³/mol. The van der Waals surface area contributed by atoms with E-state index in [1.54, 1.807) is 4.68 Å². The smallest absolute Gasteiger partial charge is 0.156 e. The van der Waals surface area contributed by atoms with Crippen LogP contribution < -0.4 is 0 Å². The molecule has 0 N–H and O–H groups in total. The van der Waals surface area contributed by atoms with Gasteiger partial charge in [-0.1, -0.05) is 29.5 Å². The zero-order valence-corrected chi connectivity index (χ0v) is 11.0. The van der Waals surface area contributed by atoms with Crippen LogP contribution in [0.1, 0.15) is 5.56 Å². The molecule has 0 bridgehead atoms. The van der Waals surface area contributed by atoms with Crippen molar-refractivity contribution in [2.75, 3.05) is 0 Å². The van der Waals surface area contributed by atoms with Crippen LogP contribution in [-0.4, -0.2) is 20.0 Å². The van der Waals surface area contributed by atoms with E-state index in [1.807, 2.05) is 30.3 Å². The lowest BCUT2D eigenvalue weighted by atomic mass is 10.1. The zero-order chi connectivity index (χ0) is 13.5. The SMILES string of the molecule is Cc1ccc2ccc(-n3nnc4ccccc43)nc2c1. The minimum Gasteiger partial charge on any atom is -0.229 e. The lowest BCUT2D eigenvalue weighted by Gasteiger charge is -2.04. The van der Waals surface area contributed by atoms with Gasteiger partial charge in [-0.05, 0) is 42.8 Å². The molecule has 4 heteroatoms. The Kier molecular flexibility index (Phi) is 2.29. The van der Waals surface area contributed by atoms with E-state index in [1.165, 1.54) is 5.56 Å². The van der Waals surface area contributed by atoms with E-state index in [0.717, 1.165) is 27.8 Å². The molecule has 20 heavy (non-hydrogen) atoms. The maximum atomic E-state index is 4.69. The quantitative estimate of drug-likeness (QED) is 0.527. The Balaban J connectivity index is 1.97. The van der Waals surface area contributed by atoms with Crippen LogP contribution in [0.25, 0.3) is 27.8 Å². The van der Waals surface area contributed by atoms with E-state index in [9.17, 15) is 0 Å². The fraction of sp³-hybridized carbons (Fsp3) is 0.0625. The van der Waals surface area contributed by atoms with Gasteiger partial charge in [-0.3, -0.25) is 0 Å². The number of hydrogen-bond donors (Lipinski definition) is 0. The first-order chi connectivity index (χ1) is 9.81. The van der Waals surface area contributed by atoms with E-state index in [-0.39, 0.29) is 0 Å². The van der Waals surface area contributed by atoms with Crippen molar-refractivity contribution in [1.82, 2.24) is 20.0 Å². The van der Waals surface area contributed by atoms with Crippen molar-refractivity contribution >= 4 is 21.9 Å². The molecule has 2 aromatic heterocycles. The number of aromatic nitrogens is 4. The van der Waals surface area contributed by atoms with Gasteiger partial charge in [0.1, 0.15) is 5.52 Å². The molecule has 0 spiro atoms. The number of pyridine rings is 1. The summed E-state index contributed by atoms with van der Waals surface area (Å²) >= 11 is 0. The molecule has 0 unspecified atom stereocenters. The highest BCUT2D eigenvalue weighted by Gasteiger charge is 2.07. The van der Waals surface area contributed by atoms with Crippen LogP contribution in [-0.2, 0) is 0 Å². The van der Waals surface area contributed by atoms with Crippen LogP contribution in [0.15, 0.2) is 54.6 Å². The number of rotatable bonds is 1. The van der Waals surface area contributed by atoms with Gasteiger partial charge in [0.2, 0.25) is 0 Å². The van der Waals surface area contributed by atoms with Crippen molar-refractivity contribution in [3.05, 3.63) is 60.2 Å². The van der Waals surface area contributed by atoms with Crippen LogP contribution in [0.2, 0.25) is 0 Å². The molecule has 0 amide bonds. The van der Waals surface area contributed by atoms with E-state index in [0.29, 0.717) is 0 Å². The number of para-hydroxylation sites is 1. The Hall–Kier alpha value is -2.75. The van der Waals surface area contributed by atoms with E-state index < -0.39 is 0 Å². The number of nitrogens with zero attached hydrogens (tertiary/aromatic N) is 4. The van der Waals surface area contributed by atoms with Gasteiger partial charge < -0.3 is 0 Å². The topological polar surface area (TPSA) is 43.6 Å². The molecule has 0 fully saturated rings. The number of fused-ring (bicyclic) bond motifs is 2. The molecule has 0 aliphatic rings. The molecule has 4 nitrogen and oxygen atoms in total. The van der Waals surface area contributed by atoms with Gasteiger partial charge in [-0.25, -0.2) is 4.98 Å².